The molecule has 4 rings (SSSR count). The maximum atomic E-state index is 9.59. The molecule has 2 aromatic carbocycles. The number of rotatable bonds is 9. The van der Waals surface area contributed by atoms with E-state index in [4.69, 9.17) is 25.8 Å². The minimum absolute atomic E-state index is 0.170. The topological polar surface area (TPSA) is 54.0 Å². The summed E-state index contributed by atoms with van der Waals surface area (Å²) in [6.45, 7) is 7.16. The number of carbonyl (C=O) groups is 1. The number of hydrogen-bond acceptors (Lipinski definition) is 5. The van der Waals surface area contributed by atoms with E-state index >= 15 is 0 Å². The van der Waals surface area contributed by atoms with Crippen molar-refractivity contribution in [3.63, 3.8) is 0 Å². The van der Waals surface area contributed by atoms with Gasteiger partial charge in [0.05, 0.1) is 32.0 Å². The first-order valence-corrected chi connectivity index (χ1v) is 13.1. The van der Waals surface area contributed by atoms with Crippen molar-refractivity contribution >= 4 is 17.6 Å². The maximum Gasteiger partial charge on any atom is 0.302 e. The fourth-order valence-corrected chi connectivity index (χ4v) is 4.38. The van der Waals surface area contributed by atoms with Crippen molar-refractivity contribution in [2.75, 3.05) is 20.3 Å². The number of ether oxygens (including phenoxy) is 4. The van der Waals surface area contributed by atoms with Crippen LogP contribution >= 0.6 is 11.6 Å². The van der Waals surface area contributed by atoms with E-state index in [1.807, 2.05) is 18.2 Å². The monoisotopic (exact) mass is 502 g/mol. The van der Waals surface area contributed by atoms with E-state index in [2.05, 4.69) is 42.8 Å². The molecular formula is C29H39ClO5. The zero-order chi connectivity index (χ0) is 25.2. The van der Waals surface area contributed by atoms with Gasteiger partial charge in [0.15, 0.2) is 0 Å². The van der Waals surface area contributed by atoms with E-state index < -0.39 is 0 Å². The lowest BCUT2D eigenvalue weighted by Gasteiger charge is -2.34. The van der Waals surface area contributed by atoms with Crippen LogP contribution in [-0.2, 0) is 25.4 Å². The van der Waals surface area contributed by atoms with Gasteiger partial charge in [-0.05, 0) is 79.3 Å². The summed E-state index contributed by atoms with van der Waals surface area (Å²) in [6, 6.07) is 14.7. The van der Waals surface area contributed by atoms with Crippen molar-refractivity contribution in [1.29, 1.82) is 0 Å². The third kappa shape index (κ3) is 9.47. The van der Waals surface area contributed by atoms with Crippen LogP contribution < -0.4 is 4.74 Å². The second-order valence-corrected chi connectivity index (χ2v) is 9.92. The lowest BCUT2D eigenvalue weighted by atomic mass is 9.88. The molecule has 192 valence electrons. The summed E-state index contributed by atoms with van der Waals surface area (Å²) >= 11 is 6.54. The molecule has 0 bridgehead atoms. The highest BCUT2D eigenvalue weighted by Gasteiger charge is 2.27. The highest BCUT2D eigenvalue weighted by Crippen LogP contribution is 2.37. The van der Waals surface area contributed by atoms with Gasteiger partial charge in [-0.15, -0.1) is 0 Å². The molecule has 3 atom stereocenters. The third-order valence-electron chi connectivity index (χ3n) is 6.37. The summed E-state index contributed by atoms with van der Waals surface area (Å²) < 4.78 is 21.9. The maximum absolute atomic E-state index is 9.59. The molecule has 2 aromatic rings. The number of benzene rings is 2. The molecule has 2 aliphatic rings. The van der Waals surface area contributed by atoms with Gasteiger partial charge in [0.25, 0.3) is 0 Å². The van der Waals surface area contributed by atoms with Crippen LogP contribution in [0.5, 0.6) is 5.75 Å². The van der Waals surface area contributed by atoms with E-state index in [1.165, 1.54) is 38.0 Å². The Morgan fingerprint density at radius 1 is 1.09 bits per heavy atom. The average molecular weight is 503 g/mol. The lowest BCUT2D eigenvalue weighted by Crippen LogP contribution is -2.26. The van der Waals surface area contributed by atoms with Gasteiger partial charge in [0.1, 0.15) is 12.4 Å². The first-order chi connectivity index (χ1) is 16.9. The first kappa shape index (κ1) is 27.5. The molecule has 6 heteroatoms. The van der Waals surface area contributed by atoms with Gasteiger partial charge in [-0.2, -0.15) is 0 Å². The van der Waals surface area contributed by atoms with Gasteiger partial charge >= 0.3 is 5.97 Å². The molecule has 5 nitrogen and oxygen atoms in total. The first-order valence-electron chi connectivity index (χ1n) is 12.7. The number of carbonyl (C=O) groups excluding carboxylic acids is 1. The van der Waals surface area contributed by atoms with Crippen LogP contribution in [0.4, 0.5) is 0 Å². The Morgan fingerprint density at radius 2 is 1.80 bits per heavy atom. The normalized spacial score (nSPS) is 21.6. The van der Waals surface area contributed by atoms with Crippen molar-refractivity contribution in [2.45, 2.75) is 77.6 Å². The number of halogens is 1. The predicted molar refractivity (Wildman–Crippen MR) is 139 cm³/mol. The molecule has 0 spiro atoms. The zero-order valence-corrected chi connectivity index (χ0v) is 22.2. The second kappa shape index (κ2) is 13.9. The molecule has 0 radical (unpaired) electrons. The van der Waals surface area contributed by atoms with Crippen LogP contribution in [0.1, 0.15) is 75.7 Å². The molecule has 1 saturated carbocycles. The van der Waals surface area contributed by atoms with Crippen molar-refractivity contribution in [3.8, 4) is 5.75 Å². The molecule has 1 saturated heterocycles. The molecule has 1 heterocycles. The van der Waals surface area contributed by atoms with Gasteiger partial charge < -0.3 is 18.9 Å². The Labute approximate surface area is 215 Å². The number of hydrogen-bond donors (Lipinski definition) is 0. The Balaban J connectivity index is 0.000000623. The van der Waals surface area contributed by atoms with Crippen LogP contribution in [0.25, 0.3) is 0 Å². The summed E-state index contributed by atoms with van der Waals surface area (Å²) in [5.41, 5.74) is 3.62. The lowest BCUT2D eigenvalue weighted by molar-refractivity contribution is -0.137. The molecular weight excluding hydrogens is 464 g/mol. The van der Waals surface area contributed by atoms with E-state index in [-0.39, 0.29) is 12.1 Å². The molecule has 0 N–H and O–H groups in total. The Hall–Kier alpha value is -2.08. The van der Waals surface area contributed by atoms with Crippen LogP contribution in [-0.4, -0.2) is 38.5 Å². The average Bonchev–Trinajstić information content (AvgIpc) is 3.68. The van der Waals surface area contributed by atoms with Crippen LogP contribution in [0.15, 0.2) is 42.5 Å². The second-order valence-electron chi connectivity index (χ2n) is 9.52. The minimum Gasteiger partial charge on any atom is -0.491 e. The highest BCUT2D eigenvalue weighted by atomic mass is 35.5. The Kier molecular flexibility index (Phi) is 10.9. The van der Waals surface area contributed by atoms with Crippen molar-refractivity contribution in [3.05, 3.63) is 64.2 Å². The largest absolute Gasteiger partial charge is 0.491 e. The van der Waals surface area contributed by atoms with E-state index in [9.17, 15) is 4.79 Å². The van der Waals surface area contributed by atoms with E-state index in [0.717, 1.165) is 42.0 Å². The van der Waals surface area contributed by atoms with Gasteiger partial charge in [-0.1, -0.05) is 49.7 Å². The molecule has 0 amide bonds. The molecule has 2 fully saturated rings. The van der Waals surface area contributed by atoms with Crippen molar-refractivity contribution in [1.82, 2.24) is 0 Å². The molecule has 3 unspecified atom stereocenters. The Bertz CT molecular complexity index is 925. The highest BCUT2D eigenvalue weighted by molar-refractivity contribution is 6.31. The summed E-state index contributed by atoms with van der Waals surface area (Å²) in [7, 11) is 1.35. The van der Waals surface area contributed by atoms with Gasteiger partial charge in [-0.3, -0.25) is 4.79 Å². The molecule has 1 aliphatic carbocycles. The van der Waals surface area contributed by atoms with Crippen LogP contribution in [0, 0.1) is 5.92 Å². The standard InChI is InChI=1S/C26H33ClO3.C3H6O2/c1-3-22-14-18(2)15-26(30-22)20-6-11-25(27)21(17-20)16-19-4-7-23(8-5-19)28-12-13-29-24-9-10-24;1-3(4)5-2/h4-8,11,17-18,22,24,26H,3,9-10,12-16H2,1-2H3;1-2H3. The van der Waals surface area contributed by atoms with E-state index in [1.54, 1.807) is 0 Å². The van der Waals surface area contributed by atoms with Gasteiger partial charge in [0.2, 0.25) is 0 Å². The van der Waals surface area contributed by atoms with Gasteiger partial charge in [0, 0.05) is 11.9 Å². The number of esters is 1. The summed E-state index contributed by atoms with van der Waals surface area (Å²) in [4.78, 5) is 9.59. The fraction of sp³-hybridized carbons (Fsp3) is 0.552. The minimum atomic E-state index is -0.245. The third-order valence-corrected chi connectivity index (χ3v) is 6.74. The van der Waals surface area contributed by atoms with Crippen LogP contribution in [0.3, 0.4) is 0 Å². The molecule has 35 heavy (non-hydrogen) atoms. The summed E-state index contributed by atoms with van der Waals surface area (Å²) in [5, 5.41) is 0.812. The molecule has 0 aromatic heterocycles. The van der Waals surface area contributed by atoms with E-state index in [0.29, 0.717) is 31.3 Å². The molecule has 1 aliphatic heterocycles. The van der Waals surface area contributed by atoms with Gasteiger partial charge in [-0.25, -0.2) is 0 Å². The zero-order valence-electron chi connectivity index (χ0n) is 21.4. The quantitative estimate of drug-likeness (QED) is 0.275. The predicted octanol–water partition coefficient (Wildman–Crippen LogP) is 6.93. The van der Waals surface area contributed by atoms with Crippen LogP contribution in [0.2, 0.25) is 5.02 Å². The van der Waals surface area contributed by atoms with Crippen molar-refractivity contribution in [2.24, 2.45) is 5.92 Å². The number of methoxy groups -OCH3 is 1. The fourth-order valence-electron chi connectivity index (χ4n) is 4.19. The Morgan fingerprint density at radius 3 is 2.43 bits per heavy atom. The van der Waals surface area contributed by atoms with Crippen molar-refractivity contribution < 1.29 is 23.7 Å². The smallest absolute Gasteiger partial charge is 0.302 e. The SMILES string of the molecule is CCC1CC(C)CC(c2ccc(Cl)c(Cc3ccc(OCCOC4CC4)cc3)c2)O1.COC(C)=O. The summed E-state index contributed by atoms with van der Waals surface area (Å²) in [6.07, 6.45) is 7.52. The summed E-state index contributed by atoms with van der Waals surface area (Å²) in [5.74, 6) is 1.33.